The minimum absolute atomic E-state index is 0. The van der Waals surface area contributed by atoms with Crippen molar-refractivity contribution in [2.75, 3.05) is 33.3 Å². The highest BCUT2D eigenvalue weighted by atomic mass is 35.5. The number of hydrogen-bond acceptors (Lipinski definition) is 3. The van der Waals surface area contributed by atoms with Gasteiger partial charge in [0.1, 0.15) is 11.6 Å². The van der Waals surface area contributed by atoms with Crippen LogP contribution in [0.4, 0.5) is 4.39 Å². The van der Waals surface area contributed by atoms with Crippen molar-refractivity contribution in [1.29, 1.82) is 0 Å². The third-order valence-electron chi connectivity index (χ3n) is 4.67. The molecule has 0 amide bonds. The van der Waals surface area contributed by atoms with Gasteiger partial charge in [0, 0.05) is 43.9 Å². The highest BCUT2D eigenvalue weighted by Gasteiger charge is 2.35. The summed E-state index contributed by atoms with van der Waals surface area (Å²) in [5.74, 6) is 1.08. The van der Waals surface area contributed by atoms with Crippen LogP contribution in [0.25, 0.3) is 0 Å². The van der Waals surface area contributed by atoms with Gasteiger partial charge in [0.05, 0.1) is 7.11 Å². The molecule has 1 atom stereocenters. The van der Waals surface area contributed by atoms with E-state index < -0.39 is 0 Å². The molecule has 126 valence electrons. The summed E-state index contributed by atoms with van der Waals surface area (Å²) in [6, 6.07) is 5.55. The molecule has 2 fully saturated rings. The molecule has 0 aromatic heterocycles. The maximum Gasteiger partial charge on any atom is 0.131 e. The number of piperazine rings is 1. The monoisotopic (exact) mass is 350 g/mol. The van der Waals surface area contributed by atoms with Crippen LogP contribution in [0, 0.1) is 11.7 Å². The Balaban J connectivity index is 0.00000121. The van der Waals surface area contributed by atoms with E-state index in [4.69, 9.17) is 4.74 Å². The standard InChI is InChI=1S/C16H23FN2O.2ClH/c1-20-13-5-6-14(15(17)11-13)16(12-3-2-4-12)19-9-7-18-8-10-19;;/h5-6,11-12,16,18H,2-4,7-10H2,1H3;2*1H/t16-;;/m1../s1. The van der Waals surface area contributed by atoms with Crippen molar-refractivity contribution in [1.82, 2.24) is 10.2 Å². The topological polar surface area (TPSA) is 24.5 Å². The Bertz CT molecular complexity index is 465. The zero-order valence-electron chi connectivity index (χ0n) is 12.9. The van der Waals surface area contributed by atoms with Crippen LogP contribution in [0.2, 0.25) is 0 Å². The summed E-state index contributed by atoms with van der Waals surface area (Å²) in [5.41, 5.74) is 0.845. The van der Waals surface area contributed by atoms with Crippen molar-refractivity contribution in [3.63, 3.8) is 0 Å². The molecule has 1 aliphatic carbocycles. The van der Waals surface area contributed by atoms with Crippen LogP contribution in [0.1, 0.15) is 30.9 Å². The number of ether oxygens (including phenoxy) is 1. The predicted octanol–water partition coefficient (Wildman–Crippen LogP) is 3.42. The zero-order chi connectivity index (χ0) is 13.9. The van der Waals surface area contributed by atoms with E-state index in [1.54, 1.807) is 7.11 Å². The molecule has 1 N–H and O–H groups in total. The molecule has 1 aromatic rings. The van der Waals surface area contributed by atoms with Crippen molar-refractivity contribution in [3.05, 3.63) is 29.6 Å². The predicted molar refractivity (Wildman–Crippen MR) is 92.0 cm³/mol. The van der Waals surface area contributed by atoms with Crippen LogP contribution in [-0.4, -0.2) is 38.2 Å². The molecule has 1 saturated heterocycles. The van der Waals surface area contributed by atoms with Crippen LogP contribution in [0.3, 0.4) is 0 Å². The number of nitrogens with one attached hydrogen (secondary N) is 1. The minimum Gasteiger partial charge on any atom is -0.497 e. The molecule has 1 aliphatic heterocycles. The highest BCUT2D eigenvalue weighted by molar-refractivity contribution is 5.85. The van der Waals surface area contributed by atoms with Gasteiger partial charge in [0.25, 0.3) is 0 Å². The van der Waals surface area contributed by atoms with Crippen LogP contribution in [0.5, 0.6) is 5.75 Å². The van der Waals surface area contributed by atoms with Gasteiger partial charge in [-0.25, -0.2) is 4.39 Å². The first-order valence-electron chi connectivity index (χ1n) is 7.58. The van der Waals surface area contributed by atoms with Crippen LogP contribution >= 0.6 is 24.8 Å². The second kappa shape index (κ2) is 8.92. The molecule has 3 nitrogen and oxygen atoms in total. The van der Waals surface area contributed by atoms with Gasteiger partial charge in [0.15, 0.2) is 0 Å². The fourth-order valence-corrected chi connectivity index (χ4v) is 3.34. The van der Waals surface area contributed by atoms with Gasteiger partial charge < -0.3 is 10.1 Å². The quantitative estimate of drug-likeness (QED) is 0.900. The number of halogens is 3. The van der Waals surface area contributed by atoms with E-state index in [1.165, 1.54) is 25.3 Å². The zero-order valence-corrected chi connectivity index (χ0v) is 14.5. The molecule has 1 heterocycles. The number of nitrogens with zero attached hydrogens (tertiary/aromatic N) is 1. The molecule has 0 bridgehead atoms. The third kappa shape index (κ3) is 4.05. The minimum atomic E-state index is -0.125. The largest absolute Gasteiger partial charge is 0.497 e. The summed E-state index contributed by atoms with van der Waals surface area (Å²) < 4.78 is 19.6. The second-order valence-electron chi connectivity index (χ2n) is 5.81. The van der Waals surface area contributed by atoms with Crippen molar-refractivity contribution in [3.8, 4) is 5.75 Å². The average Bonchev–Trinajstić information content (AvgIpc) is 2.44. The summed E-state index contributed by atoms with van der Waals surface area (Å²) >= 11 is 0. The summed E-state index contributed by atoms with van der Waals surface area (Å²) in [7, 11) is 1.58. The lowest BCUT2D eigenvalue weighted by molar-refractivity contribution is 0.0811. The van der Waals surface area contributed by atoms with Crippen molar-refractivity contribution in [2.45, 2.75) is 25.3 Å². The third-order valence-corrected chi connectivity index (χ3v) is 4.67. The van der Waals surface area contributed by atoms with E-state index in [-0.39, 0.29) is 36.7 Å². The lowest BCUT2D eigenvalue weighted by Crippen LogP contribution is -2.48. The summed E-state index contributed by atoms with van der Waals surface area (Å²) in [5, 5.41) is 3.37. The van der Waals surface area contributed by atoms with Crippen molar-refractivity contribution in [2.24, 2.45) is 5.92 Å². The molecular weight excluding hydrogens is 326 g/mol. The molecule has 3 rings (SSSR count). The van der Waals surface area contributed by atoms with Gasteiger partial charge in [-0.05, 0) is 24.8 Å². The SMILES string of the molecule is COc1ccc([C@@H](C2CCC2)N2CCNCC2)c(F)c1.Cl.Cl. The molecule has 0 unspecified atom stereocenters. The van der Waals surface area contributed by atoms with Crippen LogP contribution in [0.15, 0.2) is 18.2 Å². The Labute approximate surface area is 144 Å². The molecular formula is C16H25Cl2FN2O. The van der Waals surface area contributed by atoms with Gasteiger partial charge >= 0.3 is 0 Å². The van der Waals surface area contributed by atoms with Crippen LogP contribution < -0.4 is 10.1 Å². The van der Waals surface area contributed by atoms with Gasteiger partial charge in [-0.3, -0.25) is 4.90 Å². The maximum absolute atomic E-state index is 14.4. The molecule has 0 spiro atoms. The van der Waals surface area contributed by atoms with E-state index in [1.807, 2.05) is 12.1 Å². The Morgan fingerprint density at radius 1 is 1.23 bits per heavy atom. The average molecular weight is 351 g/mol. The molecule has 22 heavy (non-hydrogen) atoms. The summed E-state index contributed by atoms with van der Waals surface area (Å²) in [6.45, 7) is 4.02. The lowest BCUT2D eigenvalue weighted by Gasteiger charge is -2.43. The molecule has 0 radical (unpaired) electrons. The van der Waals surface area contributed by atoms with Crippen LogP contribution in [-0.2, 0) is 0 Å². The number of benzene rings is 1. The van der Waals surface area contributed by atoms with E-state index >= 15 is 0 Å². The second-order valence-corrected chi connectivity index (χ2v) is 5.81. The van der Waals surface area contributed by atoms with E-state index in [0.717, 1.165) is 31.7 Å². The Kier molecular flexibility index (Phi) is 7.90. The first kappa shape index (κ1) is 19.5. The Morgan fingerprint density at radius 2 is 1.91 bits per heavy atom. The Morgan fingerprint density at radius 3 is 2.41 bits per heavy atom. The summed E-state index contributed by atoms with van der Waals surface area (Å²) in [4.78, 5) is 2.45. The normalized spacial score (nSPS) is 20.3. The first-order valence-corrected chi connectivity index (χ1v) is 7.58. The Hall–Kier alpha value is -0.550. The van der Waals surface area contributed by atoms with E-state index in [9.17, 15) is 4.39 Å². The molecule has 1 aromatic carbocycles. The van der Waals surface area contributed by atoms with E-state index in [2.05, 4.69) is 10.2 Å². The van der Waals surface area contributed by atoms with Gasteiger partial charge in [-0.1, -0.05) is 12.5 Å². The summed E-state index contributed by atoms with van der Waals surface area (Å²) in [6.07, 6.45) is 3.73. The van der Waals surface area contributed by atoms with Crippen molar-refractivity contribution < 1.29 is 9.13 Å². The number of hydrogen-bond donors (Lipinski definition) is 1. The molecule has 6 heteroatoms. The van der Waals surface area contributed by atoms with Gasteiger partial charge in [-0.2, -0.15) is 0 Å². The maximum atomic E-state index is 14.4. The molecule has 1 saturated carbocycles. The number of rotatable bonds is 4. The van der Waals surface area contributed by atoms with Crippen molar-refractivity contribution >= 4 is 24.8 Å². The van der Waals surface area contributed by atoms with Gasteiger partial charge in [-0.15, -0.1) is 24.8 Å². The highest BCUT2D eigenvalue weighted by Crippen LogP contribution is 2.42. The molecule has 2 aliphatic rings. The smallest absolute Gasteiger partial charge is 0.131 e. The van der Waals surface area contributed by atoms with Gasteiger partial charge in [0.2, 0.25) is 0 Å². The fraction of sp³-hybridized carbons (Fsp3) is 0.625. The fourth-order valence-electron chi connectivity index (χ4n) is 3.34. The number of methoxy groups -OCH3 is 1. The lowest BCUT2D eigenvalue weighted by atomic mass is 9.76. The van der Waals surface area contributed by atoms with E-state index in [0.29, 0.717) is 11.7 Å². The first-order chi connectivity index (χ1) is 9.79.